The number of hydrogen-bond acceptors (Lipinski definition) is 2. The second kappa shape index (κ2) is 5.57. The molecule has 1 saturated heterocycles. The SMILES string of the molecule is CC(C)(C)C1CCC(C(=O)N2CC3CCC(O)C3C2)CC1. The molecule has 1 N–H and O–H groups in total. The predicted octanol–water partition coefficient (Wildman–Crippen LogP) is 3.07. The third-order valence-electron chi connectivity index (χ3n) is 6.43. The molecule has 3 fully saturated rings. The maximum atomic E-state index is 12.7. The molecule has 3 nitrogen and oxygen atoms in total. The quantitative estimate of drug-likeness (QED) is 0.807. The van der Waals surface area contributed by atoms with Crippen LogP contribution in [0.25, 0.3) is 0 Å². The molecule has 3 rings (SSSR count). The first-order valence-electron chi connectivity index (χ1n) is 8.83. The van der Waals surface area contributed by atoms with Crippen molar-refractivity contribution in [1.29, 1.82) is 0 Å². The Balaban J connectivity index is 1.54. The number of amides is 1. The van der Waals surface area contributed by atoms with Crippen molar-refractivity contribution < 1.29 is 9.90 Å². The third-order valence-corrected chi connectivity index (χ3v) is 6.43. The molecular formula is C18H31NO2. The third kappa shape index (κ3) is 2.99. The van der Waals surface area contributed by atoms with Crippen LogP contribution < -0.4 is 0 Å². The summed E-state index contributed by atoms with van der Waals surface area (Å²) in [6.07, 6.45) is 6.40. The van der Waals surface area contributed by atoms with Gasteiger partial charge >= 0.3 is 0 Å². The molecule has 0 spiro atoms. The minimum atomic E-state index is -0.163. The maximum Gasteiger partial charge on any atom is 0.225 e. The fourth-order valence-electron chi connectivity index (χ4n) is 4.88. The molecule has 2 aliphatic carbocycles. The number of carbonyl (C=O) groups excluding carboxylic acids is 1. The lowest BCUT2D eigenvalue weighted by Crippen LogP contribution is -2.38. The monoisotopic (exact) mass is 293 g/mol. The number of nitrogens with zero attached hydrogens (tertiary/aromatic N) is 1. The number of aliphatic hydroxyl groups is 1. The first kappa shape index (κ1) is 15.3. The Morgan fingerprint density at radius 3 is 2.24 bits per heavy atom. The lowest BCUT2D eigenvalue weighted by atomic mass is 9.69. The van der Waals surface area contributed by atoms with Crippen molar-refractivity contribution in [3.05, 3.63) is 0 Å². The average molecular weight is 293 g/mol. The lowest BCUT2D eigenvalue weighted by Gasteiger charge is -2.37. The predicted molar refractivity (Wildman–Crippen MR) is 83.7 cm³/mol. The molecule has 0 bridgehead atoms. The van der Waals surface area contributed by atoms with E-state index < -0.39 is 0 Å². The summed E-state index contributed by atoms with van der Waals surface area (Å²) in [4.78, 5) is 14.8. The molecule has 3 atom stereocenters. The van der Waals surface area contributed by atoms with E-state index in [2.05, 4.69) is 25.7 Å². The first-order valence-corrected chi connectivity index (χ1v) is 8.83. The Labute approximate surface area is 129 Å². The van der Waals surface area contributed by atoms with Crippen LogP contribution in [0.4, 0.5) is 0 Å². The summed E-state index contributed by atoms with van der Waals surface area (Å²) in [6.45, 7) is 8.68. The van der Waals surface area contributed by atoms with Gasteiger partial charge in [-0.3, -0.25) is 4.79 Å². The van der Waals surface area contributed by atoms with Crippen molar-refractivity contribution in [3.63, 3.8) is 0 Å². The van der Waals surface area contributed by atoms with Crippen LogP contribution in [0.2, 0.25) is 0 Å². The van der Waals surface area contributed by atoms with Gasteiger partial charge in [0.05, 0.1) is 6.10 Å². The number of carbonyl (C=O) groups is 1. The molecule has 0 radical (unpaired) electrons. The van der Waals surface area contributed by atoms with Crippen LogP contribution in [0.5, 0.6) is 0 Å². The maximum absolute atomic E-state index is 12.7. The van der Waals surface area contributed by atoms with E-state index in [4.69, 9.17) is 0 Å². The van der Waals surface area contributed by atoms with Gasteiger partial charge in [0.1, 0.15) is 0 Å². The van der Waals surface area contributed by atoms with E-state index in [1.165, 1.54) is 12.8 Å². The van der Waals surface area contributed by atoms with Crippen LogP contribution in [0.1, 0.15) is 59.3 Å². The Kier molecular flexibility index (Phi) is 4.06. The summed E-state index contributed by atoms with van der Waals surface area (Å²) in [5.74, 6) is 2.32. The van der Waals surface area contributed by atoms with Crippen LogP contribution in [-0.2, 0) is 4.79 Å². The van der Waals surface area contributed by atoms with Gasteiger partial charge in [-0.15, -0.1) is 0 Å². The molecule has 2 saturated carbocycles. The van der Waals surface area contributed by atoms with Crippen molar-refractivity contribution in [2.75, 3.05) is 13.1 Å². The fourth-order valence-corrected chi connectivity index (χ4v) is 4.88. The van der Waals surface area contributed by atoms with Crippen molar-refractivity contribution in [1.82, 2.24) is 4.90 Å². The van der Waals surface area contributed by atoms with Gasteiger partial charge in [0.2, 0.25) is 5.91 Å². The van der Waals surface area contributed by atoms with Crippen LogP contribution in [0.3, 0.4) is 0 Å². The summed E-state index contributed by atoms with van der Waals surface area (Å²) >= 11 is 0. The van der Waals surface area contributed by atoms with E-state index in [0.29, 0.717) is 23.2 Å². The smallest absolute Gasteiger partial charge is 0.225 e. The summed E-state index contributed by atoms with van der Waals surface area (Å²) in [7, 11) is 0. The highest BCUT2D eigenvalue weighted by Crippen LogP contribution is 2.42. The van der Waals surface area contributed by atoms with Gasteiger partial charge in [-0.1, -0.05) is 20.8 Å². The molecular weight excluding hydrogens is 262 g/mol. The van der Waals surface area contributed by atoms with Gasteiger partial charge < -0.3 is 10.0 Å². The number of likely N-dealkylation sites (tertiary alicyclic amines) is 1. The molecule has 3 heteroatoms. The van der Waals surface area contributed by atoms with Crippen LogP contribution in [-0.4, -0.2) is 35.1 Å². The van der Waals surface area contributed by atoms with Crippen molar-refractivity contribution in [2.45, 2.75) is 65.4 Å². The molecule has 0 aromatic carbocycles. The molecule has 120 valence electrons. The normalized spacial score (nSPS) is 40.4. The highest BCUT2D eigenvalue weighted by molar-refractivity contribution is 5.79. The molecule has 1 aliphatic heterocycles. The van der Waals surface area contributed by atoms with Crippen LogP contribution >= 0.6 is 0 Å². The lowest BCUT2D eigenvalue weighted by molar-refractivity contribution is -0.136. The minimum Gasteiger partial charge on any atom is -0.393 e. The van der Waals surface area contributed by atoms with Gasteiger partial charge in [0.25, 0.3) is 0 Å². The van der Waals surface area contributed by atoms with E-state index in [-0.39, 0.29) is 12.0 Å². The first-order chi connectivity index (χ1) is 9.86. The summed E-state index contributed by atoms with van der Waals surface area (Å²) in [5, 5.41) is 10.00. The number of rotatable bonds is 1. The second-order valence-electron chi connectivity index (χ2n) is 8.73. The number of fused-ring (bicyclic) bond motifs is 1. The topological polar surface area (TPSA) is 40.5 Å². The standard InChI is InChI=1S/C18H31NO2/c1-18(2,3)14-7-4-12(5-8-14)17(21)19-10-13-6-9-16(20)15(13)11-19/h12-16,20H,4-11H2,1-3H3. The van der Waals surface area contributed by atoms with Crippen molar-refractivity contribution >= 4 is 5.91 Å². The molecule has 0 aromatic rings. The van der Waals surface area contributed by atoms with E-state index in [9.17, 15) is 9.90 Å². The Hall–Kier alpha value is -0.570. The van der Waals surface area contributed by atoms with Crippen molar-refractivity contribution in [2.24, 2.45) is 29.1 Å². The van der Waals surface area contributed by atoms with Crippen LogP contribution in [0, 0.1) is 29.1 Å². The van der Waals surface area contributed by atoms with E-state index in [1.54, 1.807) is 0 Å². The molecule has 3 aliphatic rings. The Bertz CT molecular complexity index is 393. The van der Waals surface area contributed by atoms with Gasteiger partial charge in [-0.2, -0.15) is 0 Å². The zero-order valence-corrected chi connectivity index (χ0v) is 13.8. The van der Waals surface area contributed by atoms with E-state index in [1.807, 2.05) is 0 Å². The minimum absolute atomic E-state index is 0.163. The van der Waals surface area contributed by atoms with E-state index >= 15 is 0 Å². The molecule has 1 amide bonds. The highest BCUT2D eigenvalue weighted by atomic mass is 16.3. The summed E-state index contributed by atoms with van der Waals surface area (Å²) in [6, 6.07) is 0. The molecule has 1 heterocycles. The highest BCUT2D eigenvalue weighted by Gasteiger charge is 2.44. The summed E-state index contributed by atoms with van der Waals surface area (Å²) < 4.78 is 0. The molecule has 21 heavy (non-hydrogen) atoms. The zero-order valence-electron chi connectivity index (χ0n) is 13.8. The number of hydrogen-bond donors (Lipinski definition) is 1. The molecule has 0 aromatic heterocycles. The van der Waals surface area contributed by atoms with Gasteiger partial charge in [-0.25, -0.2) is 0 Å². The van der Waals surface area contributed by atoms with Crippen molar-refractivity contribution in [3.8, 4) is 0 Å². The second-order valence-corrected chi connectivity index (χ2v) is 8.73. The van der Waals surface area contributed by atoms with E-state index in [0.717, 1.165) is 44.7 Å². The zero-order chi connectivity index (χ0) is 15.2. The molecule has 3 unspecified atom stereocenters. The summed E-state index contributed by atoms with van der Waals surface area (Å²) in [5.41, 5.74) is 0.378. The van der Waals surface area contributed by atoms with Gasteiger partial charge in [0.15, 0.2) is 0 Å². The Morgan fingerprint density at radius 2 is 1.67 bits per heavy atom. The van der Waals surface area contributed by atoms with Crippen LogP contribution in [0.15, 0.2) is 0 Å². The average Bonchev–Trinajstić information content (AvgIpc) is 3.00. The Morgan fingerprint density at radius 1 is 1.00 bits per heavy atom. The van der Waals surface area contributed by atoms with Gasteiger partial charge in [-0.05, 0) is 55.8 Å². The number of aliphatic hydroxyl groups excluding tert-OH is 1. The fraction of sp³-hybridized carbons (Fsp3) is 0.944. The largest absolute Gasteiger partial charge is 0.393 e. The van der Waals surface area contributed by atoms with Gasteiger partial charge in [0, 0.05) is 24.9 Å².